The highest BCUT2D eigenvalue weighted by Gasteiger charge is 2.34. The fourth-order valence-electron chi connectivity index (χ4n) is 4.11. The predicted octanol–water partition coefficient (Wildman–Crippen LogP) is 6.75. The van der Waals surface area contributed by atoms with E-state index >= 15 is 0 Å². The van der Waals surface area contributed by atoms with E-state index in [2.05, 4.69) is 5.32 Å². The third kappa shape index (κ3) is 7.62. The predicted molar refractivity (Wildman–Crippen MR) is 162 cm³/mol. The fraction of sp³-hybridized carbons (Fsp3) is 0.286. The van der Waals surface area contributed by atoms with Gasteiger partial charge in [-0.25, -0.2) is 8.42 Å². The van der Waals surface area contributed by atoms with Gasteiger partial charge in [-0.15, -0.1) is 0 Å². The van der Waals surface area contributed by atoms with Crippen LogP contribution in [-0.4, -0.2) is 44.3 Å². The molecule has 214 valence electrons. The first kappa shape index (κ1) is 32.0. The SMILES string of the molecule is CCNC(=O)[C@H](CC)N(Cc1c(Cl)cccc1Cl)C(=O)CN(c1cc(Cl)cc(Cl)c1)S(=O)(=O)c1ccc(C)cc1. The Hall–Kier alpha value is -2.49. The molecule has 7 nitrogen and oxygen atoms in total. The first-order chi connectivity index (χ1) is 18.9. The molecule has 1 atom stereocenters. The number of hydrogen-bond acceptors (Lipinski definition) is 4. The van der Waals surface area contributed by atoms with Crippen molar-refractivity contribution in [3.63, 3.8) is 0 Å². The average Bonchev–Trinajstić information content (AvgIpc) is 2.88. The van der Waals surface area contributed by atoms with Gasteiger partial charge < -0.3 is 10.2 Å². The van der Waals surface area contributed by atoms with Crippen molar-refractivity contribution >= 4 is 73.9 Å². The lowest BCUT2D eigenvalue weighted by Crippen LogP contribution is -2.52. The van der Waals surface area contributed by atoms with E-state index in [1.807, 2.05) is 6.92 Å². The molecule has 0 aliphatic rings. The van der Waals surface area contributed by atoms with E-state index in [0.29, 0.717) is 22.2 Å². The van der Waals surface area contributed by atoms with Crippen LogP contribution >= 0.6 is 46.4 Å². The summed E-state index contributed by atoms with van der Waals surface area (Å²) in [7, 11) is -4.27. The van der Waals surface area contributed by atoms with Crippen LogP contribution in [0.2, 0.25) is 20.1 Å². The molecule has 0 aliphatic carbocycles. The lowest BCUT2D eigenvalue weighted by molar-refractivity contribution is -0.140. The summed E-state index contributed by atoms with van der Waals surface area (Å²) in [6.45, 7) is 4.93. The Morgan fingerprint density at radius 3 is 2.00 bits per heavy atom. The molecule has 1 N–H and O–H groups in total. The summed E-state index contributed by atoms with van der Waals surface area (Å²) in [4.78, 5) is 28.4. The van der Waals surface area contributed by atoms with Crippen molar-refractivity contribution in [2.45, 2.75) is 44.7 Å². The Morgan fingerprint density at radius 1 is 0.900 bits per heavy atom. The third-order valence-corrected chi connectivity index (χ3v) is 9.08. The zero-order valence-electron chi connectivity index (χ0n) is 22.1. The number of sulfonamides is 1. The lowest BCUT2D eigenvalue weighted by Gasteiger charge is -2.33. The molecule has 0 spiro atoms. The van der Waals surface area contributed by atoms with Gasteiger partial charge >= 0.3 is 0 Å². The number of amides is 2. The second-order valence-corrected chi connectivity index (χ2v) is 12.5. The van der Waals surface area contributed by atoms with Crippen LogP contribution in [0.3, 0.4) is 0 Å². The van der Waals surface area contributed by atoms with Crippen LogP contribution < -0.4 is 9.62 Å². The van der Waals surface area contributed by atoms with E-state index in [0.717, 1.165) is 9.87 Å². The Labute approximate surface area is 255 Å². The van der Waals surface area contributed by atoms with E-state index in [1.165, 1.54) is 35.2 Å². The average molecular weight is 645 g/mol. The van der Waals surface area contributed by atoms with Crippen LogP contribution in [0.5, 0.6) is 0 Å². The van der Waals surface area contributed by atoms with Crippen LogP contribution in [0.4, 0.5) is 5.69 Å². The summed E-state index contributed by atoms with van der Waals surface area (Å²) in [5.41, 5.74) is 1.39. The van der Waals surface area contributed by atoms with Crippen LogP contribution in [0, 0.1) is 6.92 Å². The van der Waals surface area contributed by atoms with Crippen molar-refractivity contribution in [3.05, 3.63) is 91.9 Å². The first-order valence-corrected chi connectivity index (χ1v) is 15.4. The molecular weight excluding hydrogens is 616 g/mol. The maximum absolute atomic E-state index is 14.1. The largest absolute Gasteiger partial charge is 0.355 e. The number of anilines is 1. The number of carbonyl (C=O) groups excluding carboxylic acids is 2. The van der Waals surface area contributed by atoms with Gasteiger partial charge in [-0.1, -0.05) is 77.1 Å². The number of hydrogen-bond donors (Lipinski definition) is 1. The van der Waals surface area contributed by atoms with E-state index in [1.54, 1.807) is 44.2 Å². The molecule has 0 saturated heterocycles. The minimum Gasteiger partial charge on any atom is -0.355 e. The number of halogens is 4. The van der Waals surface area contributed by atoms with Crippen molar-refractivity contribution in [3.8, 4) is 0 Å². The smallest absolute Gasteiger partial charge is 0.264 e. The normalized spacial score (nSPS) is 12.1. The number of nitrogens with zero attached hydrogens (tertiary/aromatic N) is 2. The van der Waals surface area contributed by atoms with Crippen LogP contribution in [0.1, 0.15) is 31.4 Å². The van der Waals surface area contributed by atoms with Crippen molar-refractivity contribution < 1.29 is 18.0 Å². The molecule has 0 fully saturated rings. The van der Waals surface area contributed by atoms with Crippen LogP contribution in [0.15, 0.2) is 65.6 Å². The highest BCUT2D eigenvalue weighted by Crippen LogP contribution is 2.31. The van der Waals surface area contributed by atoms with Gasteiger partial charge in [0, 0.05) is 38.7 Å². The van der Waals surface area contributed by atoms with E-state index in [9.17, 15) is 18.0 Å². The van der Waals surface area contributed by atoms with E-state index in [-0.39, 0.29) is 39.5 Å². The third-order valence-electron chi connectivity index (χ3n) is 6.15. The van der Waals surface area contributed by atoms with Crippen molar-refractivity contribution in [1.29, 1.82) is 0 Å². The molecule has 0 radical (unpaired) electrons. The van der Waals surface area contributed by atoms with Gasteiger partial charge in [0.05, 0.1) is 10.6 Å². The summed E-state index contributed by atoms with van der Waals surface area (Å²) in [6.07, 6.45) is 0.257. The summed E-state index contributed by atoms with van der Waals surface area (Å²) >= 11 is 25.3. The number of aryl methyl sites for hydroxylation is 1. The molecule has 3 rings (SSSR count). The van der Waals surface area contributed by atoms with Crippen molar-refractivity contribution in [2.75, 3.05) is 17.4 Å². The molecule has 12 heteroatoms. The maximum atomic E-state index is 14.1. The molecule has 3 aromatic carbocycles. The molecule has 0 saturated carbocycles. The summed E-state index contributed by atoms with van der Waals surface area (Å²) in [6, 6.07) is 14.5. The minimum atomic E-state index is -4.27. The summed E-state index contributed by atoms with van der Waals surface area (Å²) in [5, 5.41) is 3.73. The highest BCUT2D eigenvalue weighted by molar-refractivity contribution is 7.92. The zero-order valence-corrected chi connectivity index (χ0v) is 26.0. The molecule has 2 amide bonds. The molecule has 0 aliphatic heterocycles. The monoisotopic (exact) mass is 643 g/mol. The Bertz CT molecular complexity index is 1440. The van der Waals surface area contributed by atoms with E-state index < -0.39 is 28.5 Å². The molecular formula is C28H29Cl4N3O4S. The highest BCUT2D eigenvalue weighted by atomic mass is 35.5. The molecule has 0 heterocycles. The Morgan fingerprint density at radius 2 is 1.48 bits per heavy atom. The van der Waals surface area contributed by atoms with Gasteiger partial charge in [0.25, 0.3) is 10.0 Å². The van der Waals surface area contributed by atoms with Gasteiger partial charge in [0.15, 0.2) is 0 Å². The summed E-state index contributed by atoms with van der Waals surface area (Å²) in [5.74, 6) is -1.04. The van der Waals surface area contributed by atoms with Gasteiger partial charge in [0.1, 0.15) is 12.6 Å². The molecule has 3 aromatic rings. The Kier molecular flexibility index (Phi) is 11.1. The summed E-state index contributed by atoms with van der Waals surface area (Å²) < 4.78 is 28.8. The minimum absolute atomic E-state index is 0.0292. The number of carbonyl (C=O) groups is 2. The van der Waals surface area contributed by atoms with Crippen LogP contribution in [0.25, 0.3) is 0 Å². The van der Waals surface area contributed by atoms with Gasteiger partial charge in [-0.3, -0.25) is 13.9 Å². The standard InChI is InChI=1S/C28H29Cl4N3O4S/c1-4-26(28(37)33-5-2)34(16-23-24(31)7-6-8-25(23)32)27(36)17-35(21-14-19(29)13-20(30)15-21)40(38,39)22-11-9-18(3)10-12-22/h6-15,26H,4-5,16-17H2,1-3H3,(H,33,37)/t26-/m0/s1. The van der Waals surface area contributed by atoms with Gasteiger partial charge in [-0.2, -0.15) is 0 Å². The lowest BCUT2D eigenvalue weighted by atomic mass is 10.1. The van der Waals surface area contributed by atoms with E-state index in [4.69, 9.17) is 46.4 Å². The zero-order chi connectivity index (χ0) is 29.6. The van der Waals surface area contributed by atoms with Gasteiger partial charge in [-0.05, 0) is 62.7 Å². The fourth-order valence-corrected chi connectivity index (χ4v) is 6.54. The number of likely N-dealkylation sites (N-methyl/N-ethyl adjacent to an activating group) is 1. The number of rotatable bonds is 11. The molecule has 0 aromatic heterocycles. The quantitative estimate of drug-likeness (QED) is 0.250. The van der Waals surface area contributed by atoms with Crippen LogP contribution in [-0.2, 0) is 26.2 Å². The second-order valence-electron chi connectivity index (χ2n) is 8.99. The maximum Gasteiger partial charge on any atom is 0.264 e. The molecule has 0 unspecified atom stereocenters. The Balaban J connectivity index is 2.13. The number of benzene rings is 3. The molecule has 40 heavy (non-hydrogen) atoms. The van der Waals surface area contributed by atoms with Crippen molar-refractivity contribution in [2.24, 2.45) is 0 Å². The number of nitrogens with one attached hydrogen (secondary N) is 1. The van der Waals surface area contributed by atoms with Gasteiger partial charge in [0.2, 0.25) is 11.8 Å². The first-order valence-electron chi connectivity index (χ1n) is 12.4. The molecule has 0 bridgehead atoms. The van der Waals surface area contributed by atoms with Crippen molar-refractivity contribution in [1.82, 2.24) is 10.2 Å². The topological polar surface area (TPSA) is 86.8 Å². The second kappa shape index (κ2) is 13.9.